The fourth-order valence-electron chi connectivity index (χ4n) is 1.10. The van der Waals surface area contributed by atoms with Crippen molar-refractivity contribution in [2.45, 2.75) is 26.8 Å². The lowest BCUT2D eigenvalue weighted by molar-refractivity contribution is 1.01. The Morgan fingerprint density at radius 1 is 1.60 bits per heavy atom. The molecule has 1 nitrogen and oxygen atoms in total. The molecule has 0 fully saturated rings. The fraction of sp³-hybridized carbons (Fsp3) is 0.500. The van der Waals surface area contributed by atoms with E-state index in [1.165, 1.54) is 16.0 Å². The van der Waals surface area contributed by atoms with E-state index < -0.39 is 0 Å². The third-order valence-corrected chi connectivity index (χ3v) is 2.78. The van der Waals surface area contributed by atoms with Crippen molar-refractivity contribution < 1.29 is 0 Å². The number of nitrogens with two attached hydrogens (primary N) is 1. The zero-order valence-corrected chi connectivity index (χ0v) is 7.29. The van der Waals surface area contributed by atoms with Crippen molar-refractivity contribution in [2.24, 2.45) is 5.73 Å². The lowest BCUT2D eigenvalue weighted by Gasteiger charge is -1.97. The molecule has 1 aromatic heterocycles. The van der Waals surface area contributed by atoms with Crippen LogP contribution in [0.25, 0.3) is 0 Å². The summed E-state index contributed by atoms with van der Waals surface area (Å²) >= 11 is 1.80. The highest BCUT2D eigenvalue weighted by Crippen LogP contribution is 2.21. The van der Waals surface area contributed by atoms with Gasteiger partial charge in [-0.1, -0.05) is 6.92 Å². The molecular weight excluding hydrogens is 142 g/mol. The van der Waals surface area contributed by atoms with Crippen LogP contribution in [0.15, 0.2) is 5.38 Å². The topological polar surface area (TPSA) is 26.0 Å². The van der Waals surface area contributed by atoms with Crippen LogP contribution in [-0.4, -0.2) is 0 Å². The van der Waals surface area contributed by atoms with E-state index in [4.69, 9.17) is 5.73 Å². The molecule has 10 heavy (non-hydrogen) atoms. The van der Waals surface area contributed by atoms with Crippen LogP contribution in [0.4, 0.5) is 0 Å². The Morgan fingerprint density at radius 2 is 2.30 bits per heavy atom. The average Bonchev–Trinajstić information content (AvgIpc) is 2.30. The smallest absolute Gasteiger partial charge is 0.0191 e. The minimum atomic E-state index is 0.693. The highest BCUT2D eigenvalue weighted by Gasteiger charge is 2.03. The molecule has 0 aromatic carbocycles. The van der Waals surface area contributed by atoms with Crippen molar-refractivity contribution in [1.82, 2.24) is 0 Å². The maximum absolute atomic E-state index is 5.58. The van der Waals surface area contributed by atoms with Gasteiger partial charge in [0.25, 0.3) is 0 Å². The van der Waals surface area contributed by atoms with Crippen LogP contribution in [-0.2, 0) is 13.0 Å². The van der Waals surface area contributed by atoms with Crippen LogP contribution in [0, 0.1) is 6.92 Å². The fourth-order valence-corrected chi connectivity index (χ4v) is 2.08. The van der Waals surface area contributed by atoms with Gasteiger partial charge in [0.15, 0.2) is 0 Å². The molecule has 0 aliphatic heterocycles. The first-order valence-corrected chi connectivity index (χ1v) is 4.43. The summed E-state index contributed by atoms with van der Waals surface area (Å²) in [4.78, 5) is 1.37. The molecule has 0 amide bonds. The summed E-state index contributed by atoms with van der Waals surface area (Å²) in [6.07, 6.45) is 1.11. The van der Waals surface area contributed by atoms with Crippen LogP contribution in [0.5, 0.6) is 0 Å². The van der Waals surface area contributed by atoms with Crippen LogP contribution in [0.3, 0.4) is 0 Å². The average molecular weight is 155 g/mol. The molecule has 1 heterocycles. The third-order valence-electron chi connectivity index (χ3n) is 1.78. The Labute approximate surface area is 65.9 Å². The van der Waals surface area contributed by atoms with Gasteiger partial charge in [-0.25, -0.2) is 0 Å². The standard InChI is InChI=1S/C8H13NS/c1-3-7-5-10-6(2)8(7)4-9/h5H,3-4,9H2,1-2H3. The van der Waals surface area contributed by atoms with Crippen LogP contribution in [0.1, 0.15) is 22.9 Å². The molecule has 0 radical (unpaired) electrons. The van der Waals surface area contributed by atoms with Crippen molar-refractivity contribution in [3.63, 3.8) is 0 Å². The van der Waals surface area contributed by atoms with E-state index in [9.17, 15) is 0 Å². The molecule has 0 aliphatic rings. The Hall–Kier alpha value is -0.340. The predicted molar refractivity (Wildman–Crippen MR) is 46.3 cm³/mol. The van der Waals surface area contributed by atoms with Gasteiger partial charge < -0.3 is 5.73 Å². The quantitative estimate of drug-likeness (QED) is 0.695. The van der Waals surface area contributed by atoms with Gasteiger partial charge in [0.05, 0.1) is 0 Å². The molecule has 2 N–H and O–H groups in total. The Bertz CT molecular complexity index is 215. The summed E-state index contributed by atoms with van der Waals surface area (Å²) in [5.41, 5.74) is 8.35. The van der Waals surface area contributed by atoms with Crippen LogP contribution >= 0.6 is 11.3 Å². The van der Waals surface area contributed by atoms with E-state index in [0.717, 1.165) is 6.42 Å². The van der Waals surface area contributed by atoms with Gasteiger partial charge in [-0.2, -0.15) is 0 Å². The summed E-state index contributed by atoms with van der Waals surface area (Å²) < 4.78 is 0. The number of hydrogen-bond donors (Lipinski definition) is 1. The lowest BCUT2D eigenvalue weighted by Crippen LogP contribution is -1.99. The van der Waals surface area contributed by atoms with Crippen molar-refractivity contribution in [3.05, 3.63) is 21.4 Å². The van der Waals surface area contributed by atoms with E-state index in [1.807, 2.05) is 0 Å². The van der Waals surface area contributed by atoms with E-state index >= 15 is 0 Å². The summed E-state index contributed by atoms with van der Waals surface area (Å²) in [7, 11) is 0. The number of thiophene rings is 1. The van der Waals surface area contributed by atoms with E-state index in [1.54, 1.807) is 11.3 Å². The lowest BCUT2D eigenvalue weighted by atomic mass is 10.1. The molecule has 0 saturated carbocycles. The van der Waals surface area contributed by atoms with Gasteiger partial charge in [0, 0.05) is 11.4 Å². The van der Waals surface area contributed by atoms with Gasteiger partial charge in [-0.3, -0.25) is 0 Å². The molecule has 2 heteroatoms. The first-order valence-electron chi connectivity index (χ1n) is 3.55. The van der Waals surface area contributed by atoms with Gasteiger partial charge in [0.1, 0.15) is 0 Å². The van der Waals surface area contributed by atoms with Gasteiger partial charge in [0.2, 0.25) is 0 Å². The predicted octanol–water partition coefficient (Wildman–Crippen LogP) is 2.08. The molecule has 56 valence electrons. The minimum Gasteiger partial charge on any atom is -0.326 e. The third kappa shape index (κ3) is 1.22. The summed E-state index contributed by atoms with van der Waals surface area (Å²) in [6, 6.07) is 0. The van der Waals surface area contributed by atoms with Crippen molar-refractivity contribution in [1.29, 1.82) is 0 Å². The highest BCUT2D eigenvalue weighted by molar-refractivity contribution is 7.10. The molecule has 0 saturated heterocycles. The molecule has 0 unspecified atom stereocenters. The highest BCUT2D eigenvalue weighted by atomic mass is 32.1. The monoisotopic (exact) mass is 155 g/mol. The normalized spacial score (nSPS) is 10.3. The molecular formula is C8H13NS. The largest absolute Gasteiger partial charge is 0.326 e. The first-order chi connectivity index (χ1) is 4.79. The van der Waals surface area contributed by atoms with Gasteiger partial charge >= 0.3 is 0 Å². The first kappa shape index (κ1) is 7.76. The zero-order chi connectivity index (χ0) is 7.56. The van der Waals surface area contributed by atoms with E-state index in [2.05, 4.69) is 19.2 Å². The Kier molecular flexibility index (Phi) is 2.46. The van der Waals surface area contributed by atoms with E-state index in [-0.39, 0.29) is 0 Å². The molecule has 0 spiro atoms. The molecule has 1 aromatic rings. The van der Waals surface area contributed by atoms with Gasteiger partial charge in [-0.05, 0) is 29.9 Å². The number of aryl methyl sites for hydroxylation is 2. The van der Waals surface area contributed by atoms with Crippen LogP contribution in [0.2, 0.25) is 0 Å². The second-order valence-electron chi connectivity index (χ2n) is 2.35. The van der Waals surface area contributed by atoms with Crippen molar-refractivity contribution >= 4 is 11.3 Å². The van der Waals surface area contributed by atoms with Crippen LogP contribution < -0.4 is 5.73 Å². The van der Waals surface area contributed by atoms with Crippen molar-refractivity contribution in [3.8, 4) is 0 Å². The number of rotatable bonds is 2. The Morgan fingerprint density at radius 3 is 2.70 bits per heavy atom. The summed E-state index contributed by atoms with van der Waals surface area (Å²) in [6.45, 7) is 4.99. The summed E-state index contributed by atoms with van der Waals surface area (Å²) in [5.74, 6) is 0. The zero-order valence-electron chi connectivity index (χ0n) is 6.48. The van der Waals surface area contributed by atoms with Gasteiger partial charge in [-0.15, -0.1) is 11.3 Å². The maximum atomic E-state index is 5.58. The van der Waals surface area contributed by atoms with Crippen molar-refractivity contribution in [2.75, 3.05) is 0 Å². The Balaban J connectivity index is 3.01. The van der Waals surface area contributed by atoms with E-state index in [0.29, 0.717) is 6.54 Å². The molecule has 0 aliphatic carbocycles. The maximum Gasteiger partial charge on any atom is 0.0191 e. The summed E-state index contributed by atoms with van der Waals surface area (Å²) in [5, 5.41) is 2.21. The minimum absolute atomic E-state index is 0.693. The second kappa shape index (κ2) is 3.17. The SMILES string of the molecule is CCc1csc(C)c1CN. The molecule has 0 atom stereocenters. The molecule has 1 rings (SSSR count). The molecule has 0 bridgehead atoms. The second-order valence-corrected chi connectivity index (χ2v) is 3.44. The number of hydrogen-bond acceptors (Lipinski definition) is 2.